The highest BCUT2D eigenvalue weighted by atomic mass is 16.3. The maximum absolute atomic E-state index is 9.60. The summed E-state index contributed by atoms with van der Waals surface area (Å²) in [4.78, 5) is 2.36. The van der Waals surface area contributed by atoms with Crippen LogP contribution in [0.15, 0.2) is 66.4 Å². The van der Waals surface area contributed by atoms with E-state index in [1.165, 1.54) is 30.2 Å². The molecule has 0 bridgehead atoms. The van der Waals surface area contributed by atoms with E-state index in [0.717, 1.165) is 24.2 Å². The van der Waals surface area contributed by atoms with Crippen LogP contribution in [0.5, 0.6) is 11.5 Å². The average molecular weight is 347 g/mol. The molecule has 1 heterocycles. The molecule has 2 N–H and O–H groups in total. The summed E-state index contributed by atoms with van der Waals surface area (Å²) in [7, 11) is 0. The van der Waals surface area contributed by atoms with Gasteiger partial charge in [-0.25, -0.2) is 0 Å². The molecule has 0 radical (unpaired) electrons. The van der Waals surface area contributed by atoms with Crippen molar-refractivity contribution in [1.29, 1.82) is 0 Å². The lowest BCUT2D eigenvalue weighted by Gasteiger charge is -2.30. The number of anilines is 1. The van der Waals surface area contributed by atoms with Crippen LogP contribution >= 0.6 is 0 Å². The largest absolute Gasteiger partial charge is 0.504 e. The van der Waals surface area contributed by atoms with Gasteiger partial charge in [0.25, 0.3) is 0 Å². The van der Waals surface area contributed by atoms with Crippen LogP contribution in [0.3, 0.4) is 0 Å². The molecule has 3 heteroatoms. The minimum atomic E-state index is -0.104. The number of phenols is 2. The van der Waals surface area contributed by atoms with Crippen LogP contribution in [0.1, 0.15) is 37.3 Å². The molecule has 2 aromatic rings. The fourth-order valence-corrected chi connectivity index (χ4v) is 3.10. The van der Waals surface area contributed by atoms with Gasteiger partial charge in [-0.2, -0.15) is 0 Å². The summed E-state index contributed by atoms with van der Waals surface area (Å²) in [5.41, 5.74) is 4.48. The van der Waals surface area contributed by atoms with Gasteiger partial charge in [-0.05, 0) is 47.9 Å². The van der Waals surface area contributed by atoms with E-state index >= 15 is 0 Å². The molecule has 1 aliphatic heterocycles. The second kappa shape index (κ2) is 8.43. The topological polar surface area (TPSA) is 43.7 Å². The molecule has 26 heavy (non-hydrogen) atoms. The molecule has 0 spiro atoms. The predicted molar refractivity (Wildman–Crippen MR) is 109 cm³/mol. The lowest BCUT2D eigenvalue weighted by atomic mass is 10.0. The van der Waals surface area contributed by atoms with Gasteiger partial charge in [0.05, 0.1) is 0 Å². The highest BCUT2D eigenvalue weighted by Gasteiger charge is 2.15. The van der Waals surface area contributed by atoms with Gasteiger partial charge in [0, 0.05) is 17.9 Å². The highest BCUT2D eigenvalue weighted by molar-refractivity contribution is 5.76. The minimum absolute atomic E-state index is 0.102. The number of hydrogen-bond donors (Lipinski definition) is 2. The monoisotopic (exact) mass is 347 g/mol. The maximum Gasteiger partial charge on any atom is 0.157 e. The Bertz CT molecular complexity index is 849. The highest BCUT2D eigenvalue weighted by Crippen LogP contribution is 2.31. The molecular formula is C23H25NO2. The van der Waals surface area contributed by atoms with Crippen LogP contribution in [0.25, 0.3) is 12.2 Å². The van der Waals surface area contributed by atoms with Gasteiger partial charge in [-0.1, -0.05) is 62.3 Å². The first-order valence-electron chi connectivity index (χ1n) is 9.14. The smallest absolute Gasteiger partial charge is 0.157 e. The zero-order chi connectivity index (χ0) is 18.4. The normalized spacial score (nSPS) is 15.0. The summed E-state index contributed by atoms with van der Waals surface area (Å²) in [6.45, 7) is 3.21. The van der Waals surface area contributed by atoms with Crippen LogP contribution in [0, 0.1) is 0 Å². The second-order valence-corrected chi connectivity index (χ2v) is 6.45. The number of rotatable bonds is 6. The Morgan fingerprint density at radius 2 is 1.81 bits per heavy atom. The van der Waals surface area contributed by atoms with Crippen molar-refractivity contribution in [1.82, 2.24) is 0 Å². The number of nitrogens with zero attached hydrogens (tertiary/aromatic N) is 1. The van der Waals surface area contributed by atoms with Gasteiger partial charge in [0.2, 0.25) is 0 Å². The molecule has 1 aliphatic rings. The Morgan fingerprint density at radius 3 is 2.62 bits per heavy atom. The predicted octanol–water partition coefficient (Wildman–Crippen LogP) is 5.72. The fourth-order valence-electron chi connectivity index (χ4n) is 3.10. The Balaban J connectivity index is 1.83. The van der Waals surface area contributed by atoms with E-state index < -0.39 is 0 Å². The number of fused-ring (bicyclic) bond motifs is 1. The second-order valence-electron chi connectivity index (χ2n) is 6.45. The number of para-hydroxylation sites is 1. The molecule has 0 unspecified atom stereocenters. The van der Waals surface area contributed by atoms with Gasteiger partial charge < -0.3 is 15.1 Å². The summed E-state index contributed by atoms with van der Waals surface area (Å²) in [5.74, 6) is -0.207. The summed E-state index contributed by atoms with van der Waals surface area (Å²) < 4.78 is 0. The molecule has 3 rings (SSSR count). The summed E-state index contributed by atoms with van der Waals surface area (Å²) in [6.07, 6.45) is 13.9. The van der Waals surface area contributed by atoms with Gasteiger partial charge in [0.15, 0.2) is 11.5 Å². The summed E-state index contributed by atoms with van der Waals surface area (Å²) in [6, 6.07) is 13.3. The zero-order valence-corrected chi connectivity index (χ0v) is 15.1. The lowest BCUT2D eigenvalue weighted by Crippen LogP contribution is -2.25. The fraction of sp³-hybridized carbons (Fsp3) is 0.217. The third-order valence-electron chi connectivity index (χ3n) is 4.51. The Hall–Kier alpha value is -2.94. The molecule has 0 atom stereocenters. The van der Waals surface area contributed by atoms with Crippen LogP contribution in [0.2, 0.25) is 0 Å². The summed E-state index contributed by atoms with van der Waals surface area (Å²) in [5, 5.41) is 19.0. The molecule has 0 fully saturated rings. The first kappa shape index (κ1) is 17.9. The first-order chi connectivity index (χ1) is 12.7. The number of phenolic OH excluding ortho intramolecular Hbond substituents is 2. The summed E-state index contributed by atoms with van der Waals surface area (Å²) >= 11 is 0. The molecule has 3 nitrogen and oxygen atoms in total. The quantitative estimate of drug-likeness (QED) is 0.519. The number of allylic oxidation sites excluding steroid dienone is 3. The number of hydrogen-bond acceptors (Lipinski definition) is 3. The molecular weight excluding hydrogens is 322 g/mol. The van der Waals surface area contributed by atoms with Crippen LogP contribution in [-0.2, 0) is 0 Å². The first-order valence-corrected chi connectivity index (χ1v) is 9.14. The molecule has 0 aromatic heterocycles. The van der Waals surface area contributed by atoms with E-state index in [1.54, 1.807) is 12.1 Å². The maximum atomic E-state index is 9.60. The van der Waals surface area contributed by atoms with E-state index in [-0.39, 0.29) is 11.5 Å². The standard InChI is InChI=1S/C23H25NO2/c1-2-3-6-16-24-20(14-13-19-9-4-5-11-21(19)24)10-7-8-18-12-15-22(25)23(26)17-18/h4-5,7-15,17,25-26H,2-3,6,16H2,1H3. The van der Waals surface area contributed by atoms with Gasteiger partial charge in [0.1, 0.15) is 0 Å². The SMILES string of the molecule is CCCCCN1C(=CC=Cc2ccc(O)c(O)c2)C=Cc2ccccc21. The van der Waals surface area contributed by atoms with Crippen molar-refractivity contribution >= 4 is 17.8 Å². The Labute approximate surface area is 155 Å². The van der Waals surface area contributed by atoms with Crippen LogP contribution in [-0.4, -0.2) is 16.8 Å². The van der Waals surface area contributed by atoms with Crippen molar-refractivity contribution in [3.8, 4) is 11.5 Å². The minimum Gasteiger partial charge on any atom is -0.504 e. The molecule has 0 saturated carbocycles. The Morgan fingerprint density at radius 1 is 0.962 bits per heavy atom. The van der Waals surface area contributed by atoms with Gasteiger partial charge >= 0.3 is 0 Å². The zero-order valence-electron chi connectivity index (χ0n) is 15.1. The number of unbranched alkanes of at least 4 members (excludes halogenated alkanes) is 2. The molecule has 134 valence electrons. The number of aromatic hydroxyl groups is 2. The van der Waals surface area contributed by atoms with Crippen LogP contribution < -0.4 is 4.90 Å². The Kier molecular flexibility index (Phi) is 5.80. The average Bonchev–Trinajstić information content (AvgIpc) is 2.66. The van der Waals surface area contributed by atoms with E-state index in [2.05, 4.69) is 54.3 Å². The van der Waals surface area contributed by atoms with Crippen molar-refractivity contribution in [2.75, 3.05) is 11.4 Å². The van der Waals surface area contributed by atoms with E-state index in [9.17, 15) is 10.2 Å². The van der Waals surface area contributed by atoms with Crippen LogP contribution in [0.4, 0.5) is 5.69 Å². The van der Waals surface area contributed by atoms with E-state index in [0.29, 0.717) is 0 Å². The van der Waals surface area contributed by atoms with Crippen molar-refractivity contribution < 1.29 is 10.2 Å². The molecule has 2 aromatic carbocycles. The third-order valence-corrected chi connectivity index (χ3v) is 4.51. The molecule has 0 amide bonds. The van der Waals surface area contributed by atoms with Gasteiger partial charge in [-0.3, -0.25) is 0 Å². The molecule has 0 saturated heterocycles. The van der Waals surface area contributed by atoms with Crippen molar-refractivity contribution in [2.24, 2.45) is 0 Å². The van der Waals surface area contributed by atoms with Crippen molar-refractivity contribution in [2.45, 2.75) is 26.2 Å². The number of benzene rings is 2. The van der Waals surface area contributed by atoms with Gasteiger partial charge in [-0.15, -0.1) is 0 Å². The van der Waals surface area contributed by atoms with E-state index in [4.69, 9.17) is 0 Å². The molecule has 0 aliphatic carbocycles. The van der Waals surface area contributed by atoms with E-state index in [1.807, 2.05) is 12.2 Å². The van der Waals surface area contributed by atoms with Crippen molar-refractivity contribution in [3.63, 3.8) is 0 Å². The third kappa shape index (κ3) is 4.17. The lowest BCUT2D eigenvalue weighted by molar-refractivity contribution is 0.403. The van der Waals surface area contributed by atoms with Crippen molar-refractivity contribution in [3.05, 3.63) is 77.5 Å².